The summed E-state index contributed by atoms with van der Waals surface area (Å²) in [5.41, 5.74) is 4.38. The van der Waals surface area contributed by atoms with Gasteiger partial charge in [-0.05, 0) is 55.3 Å². The topological polar surface area (TPSA) is 95.5 Å². The number of aliphatic carboxylic acids is 1. The van der Waals surface area contributed by atoms with Gasteiger partial charge in [-0.2, -0.15) is 0 Å². The maximum Gasteiger partial charge on any atom is 0.303 e. The van der Waals surface area contributed by atoms with Crippen LogP contribution in [-0.2, 0) is 14.4 Å². The van der Waals surface area contributed by atoms with Crippen LogP contribution in [0.4, 0.5) is 11.4 Å². The molecule has 1 atom stereocenters. The summed E-state index contributed by atoms with van der Waals surface area (Å²) in [6, 6.07) is 22.6. The first kappa shape index (κ1) is 24.1. The number of nitrogens with one attached hydrogen (secondary N) is 2. The third kappa shape index (κ3) is 7.22. The molecule has 0 fully saturated rings. The Bertz CT molecular complexity index is 1130. The molecular weight excluding hydrogens is 436 g/mol. The van der Waals surface area contributed by atoms with Crippen LogP contribution in [0, 0.1) is 13.8 Å². The Balaban J connectivity index is 1.73. The first-order valence-electron chi connectivity index (χ1n) is 10.5. The maximum atomic E-state index is 13.3. The van der Waals surface area contributed by atoms with Gasteiger partial charge in [-0.3, -0.25) is 14.4 Å². The molecule has 2 amide bonds. The lowest BCUT2D eigenvalue weighted by Gasteiger charge is -2.18. The fraction of sp³-hybridized carbons (Fsp3) is 0.192. The van der Waals surface area contributed by atoms with Crippen LogP contribution in [0.2, 0.25) is 0 Å². The van der Waals surface area contributed by atoms with Gasteiger partial charge in [0.05, 0.1) is 6.42 Å². The number of amides is 2. The second-order valence-electron chi connectivity index (χ2n) is 7.68. The molecule has 33 heavy (non-hydrogen) atoms. The summed E-state index contributed by atoms with van der Waals surface area (Å²) < 4.78 is 0. The monoisotopic (exact) mass is 462 g/mol. The molecule has 3 N–H and O–H groups in total. The Kier molecular flexibility index (Phi) is 8.27. The van der Waals surface area contributed by atoms with Gasteiger partial charge >= 0.3 is 5.97 Å². The molecule has 0 aliphatic heterocycles. The van der Waals surface area contributed by atoms with E-state index in [1.165, 1.54) is 11.8 Å². The molecule has 0 aromatic heterocycles. The Hall–Kier alpha value is -3.58. The molecule has 3 rings (SSSR count). The fourth-order valence-electron chi connectivity index (χ4n) is 3.25. The van der Waals surface area contributed by atoms with E-state index in [9.17, 15) is 14.4 Å². The van der Waals surface area contributed by atoms with E-state index in [0.717, 1.165) is 27.3 Å². The van der Waals surface area contributed by atoms with Crippen molar-refractivity contribution >= 4 is 40.9 Å². The molecule has 0 aliphatic carbocycles. The number of carboxylic acids is 1. The van der Waals surface area contributed by atoms with Gasteiger partial charge < -0.3 is 15.7 Å². The highest BCUT2D eigenvalue weighted by Crippen LogP contribution is 2.37. The highest BCUT2D eigenvalue weighted by atomic mass is 32.2. The predicted octanol–water partition coefficient (Wildman–Crippen LogP) is 5.58. The number of carbonyl (C=O) groups is 3. The summed E-state index contributed by atoms with van der Waals surface area (Å²) >= 11 is 1.42. The van der Waals surface area contributed by atoms with Crippen molar-refractivity contribution < 1.29 is 19.5 Å². The summed E-state index contributed by atoms with van der Waals surface area (Å²) in [5, 5.41) is 14.0. The van der Waals surface area contributed by atoms with E-state index in [1.807, 2.05) is 74.5 Å². The minimum atomic E-state index is -1.01. The number of benzene rings is 3. The van der Waals surface area contributed by atoms with E-state index in [2.05, 4.69) is 10.6 Å². The first-order chi connectivity index (χ1) is 15.8. The summed E-state index contributed by atoms with van der Waals surface area (Å²) in [6.07, 6.45) is -0.297. The second kappa shape index (κ2) is 11.3. The standard InChI is InChI=1S/C26H26N2O4S/c1-17-8-13-22(18(2)16-17)28-26(32)25(19-6-4-3-5-7-19)33-21-11-9-20(10-12-21)27-23(29)14-15-24(30)31/h3-13,16,25H,14-15H2,1-2H3,(H,27,29)(H,28,32)(H,30,31). The smallest absolute Gasteiger partial charge is 0.303 e. The minimum absolute atomic E-state index is 0.0828. The summed E-state index contributed by atoms with van der Waals surface area (Å²) in [4.78, 5) is 36.6. The van der Waals surface area contributed by atoms with Crippen molar-refractivity contribution in [1.82, 2.24) is 0 Å². The molecular formula is C26H26N2O4S. The predicted molar refractivity (Wildman–Crippen MR) is 132 cm³/mol. The van der Waals surface area contributed by atoms with Gasteiger partial charge in [0, 0.05) is 22.7 Å². The van der Waals surface area contributed by atoms with Crippen molar-refractivity contribution in [1.29, 1.82) is 0 Å². The average Bonchev–Trinajstić information content (AvgIpc) is 2.79. The quantitative estimate of drug-likeness (QED) is 0.361. The van der Waals surface area contributed by atoms with Gasteiger partial charge in [-0.15, -0.1) is 11.8 Å². The molecule has 0 bridgehead atoms. The molecule has 3 aromatic carbocycles. The number of hydrogen-bond donors (Lipinski definition) is 3. The molecule has 3 aromatic rings. The average molecular weight is 463 g/mol. The molecule has 0 radical (unpaired) electrons. The van der Waals surface area contributed by atoms with Gasteiger partial charge in [-0.1, -0.05) is 48.0 Å². The van der Waals surface area contributed by atoms with Crippen LogP contribution in [0.15, 0.2) is 77.7 Å². The van der Waals surface area contributed by atoms with Crippen LogP contribution in [0.3, 0.4) is 0 Å². The van der Waals surface area contributed by atoms with E-state index in [1.54, 1.807) is 12.1 Å². The number of hydrogen-bond acceptors (Lipinski definition) is 4. The van der Waals surface area contributed by atoms with Gasteiger partial charge in [0.2, 0.25) is 11.8 Å². The lowest BCUT2D eigenvalue weighted by molar-refractivity contribution is -0.138. The van der Waals surface area contributed by atoms with E-state index >= 15 is 0 Å². The number of carboxylic acid groups (broad SMARTS) is 1. The summed E-state index contributed by atoms with van der Waals surface area (Å²) in [6.45, 7) is 3.98. The first-order valence-corrected chi connectivity index (χ1v) is 11.4. The van der Waals surface area contributed by atoms with Gasteiger partial charge in [0.1, 0.15) is 5.25 Å². The zero-order valence-corrected chi connectivity index (χ0v) is 19.3. The Morgan fingerprint density at radius 1 is 0.879 bits per heavy atom. The minimum Gasteiger partial charge on any atom is -0.481 e. The zero-order valence-electron chi connectivity index (χ0n) is 18.5. The van der Waals surface area contributed by atoms with E-state index in [-0.39, 0.29) is 24.7 Å². The SMILES string of the molecule is Cc1ccc(NC(=O)C(Sc2ccc(NC(=O)CCC(=O)O)cc2)c2ccccc2)c(C)c1. The molecule has 7 heteroatoms. The lowest BCUT2D eigenvalue weighted by Crippen LogP contribution is -2.19. The summed E-state index contributed by atoms with van der Waals surface area (Å²) in [5.74, 6) is -1.49. The Morgan fingerprint density at radius 3 is 2.21 bits per heavy atom. The maximum absolute atomic E-state index is 13.3. The van der Waals surface area contributed by atoms with E-state index in [4.69, 9.17) is 5.11 Å². The summed E-state index contributed by atoms with van der Waals surface area (Å²) in [7, 11) is 0. The van der Waals surface area contributed by atoms with E-state index in [0.29, 0.717) is 5.69 Å². The molecule has 0 aliphatic rings. The van der Waals surface area contributed by atoms with Crippen molar-refractivity contribution in [2.75, 3.05) is 10.6 Å². The van der Waals surface area contributed by atoms with Crippen molar-refractivity contribution in [2.45, 2.75) is 36.8 Å². The van der Waals surface area contributed by atoms with Crippen LogP contribution in [0.1, 0.15) is 34.8 Å². The van der Waals surface area contributed by atoms with Gasteiger partial charge in [-0.25, -0.2) is 0 Å². The van der Waals surface area contributed by atoms with Crippen LogP contribution in [0.25, 0.3) is 0 Å². The number of rotatable bonds is 9. The number of anilines is 2. The Labute approximate surface area is 197 Å². The molecule has 1 unspecified atom stereocenters. The Morgan fingerprint density at radius 2 is 1.58 bits per heavy atom. The number of carbonyl (C=O) groups excluding carboxylic acids is 2. The molecule has 0 spiro atoms. The molecule has 0 saturated carbocycles. The van der Waals surface area contributed by atoms with Crippen molar-refractivity contribution in [3.8, 4) is 0 Å². The van der Waals surface area contributed by atoms with Gasteiger partial charge in [0.25, 0.3) is 0 Å². The van der Waals surface area contributed by atoms with Crippen molar-refractivity contribution in [3.05, 3.63) is 89.5 Å². The number of thioether (sulfide) groups is 1. The van der Waals surface area contributed by atoms with Crippen LogP contribution < -0.4 is 10.6 Å². The molecule has 0 saturated heterocycles. The van der Waals surface area contributed by atoms with Crippen molar-refractivity contribution in [3.63, 3.8) is 0 Å². The lowest BCUT2D eigenvalue weighted by atomic mass is 10.1. The highest BCUT2D eigenvalue weighted by Gasteiger charge is 2.22. The van der Waals surface area contributed by atoms with Gasteiger partial charge in [0.15, 0.2) is 0 Å². The molecule has 0 heterocycles. The normalized spacial score (nSPS) is 11.5. The number of aryl methyl sites for hydroxylation is 2. The third-order valence-electron chi connectivity index (χ3n) is 4.94. The second-order valence-corrected chi connectivity index (χ2v) is 8.86. The van der Waals surface area contributed by atoms with Crippen LogP contribution >= 0.6 is 11.8 Å². The molecule has 6 nitrogen and oxygen atoms in total. The van der Waals surface area contributed by atoms with E-state index < -0.39 is 11.2 Å². The largest absolute Gasteiger partial charge is 0.481 e. The van der Waals surface area contributed by atoms with Crippen LogP contribution in [0.5, 0.6) is 0 Å². The highest BCUT2D eigenvalue weighted by molar-refractivity contribution is 8.00. The third-order valence-corrected chi connectivity index (χ3v) is 6.20. The molecule has 170 valence electrons. The zero-order chi connectivity index (χ0) is 23.8. The van der Waals surface area contributed by atoms with Crippen LogP contribution in [-0.4, -0.2) is 22.9 Å². The van der Waals surface area contributed by atoms with Crippen molar-refractivity contribution in [2.24, 2.45) is 0 Å². The fourth-order valence-corrected chi connectivity index (χ4v) is 4.27.